The van der Waals surface area contributed by atoms with Gasteiger partial charge < -0.3 is 0 Å². The molecule has 0 N–H and O–H groups in total. The van der Waals surface area contributed by atoms with E-state index in [0.717, 1.165) is 39.1 Å². The Kier molecular flexibility index (Phi) is 4.84. The summed E-state index contributed by atoms with van der Waals surface area (Å²) >= 11 is 0. The molecule has 1 aliphatic rings. The van der Waals surface area contributed by atoms with Crippen LogP contribution in [-0.4, -0.2) is 49.1 Å². The summed E-state index contributed by atoms with van der Waals surface area (Å²) in [5, 5.41) is 10.3. The Labute approximate surface area is 80.3 Å². The van der Waals surface area contributed by atoms with Crippen LogP contribution < -0.4 is 0 Å². The molecule has 1 rings (SSSR count). The molecule has 1 aliphatic heterocycles. The molecule has 0 aliphatic carbocycles. The van der Waals surface area contributed by atoms with Crippen molar-refractivity contribution in [1.29, 1.82) is 0 Å². The number of piperazine rings is 1. The van der Waals surface area contributed by atoms with E-state index < -0.39 is 0 Å². The highest BCUT2D eigenvalue weighted by atomic mass is 16.3. The van der Waals surface area contributed by atoms with Gasteiger partial charge in [-0.25, -0.2) is 5.11 Å². The van der Waals surface area contributed by atoms with Crippen molar-refractivity contribution < 1.29 is 5.11 Å². The Balaban J connectivity index is 2.12. The van der Waals surface area contributed by atoms with E-state index >= 15 is 0 Å². The number of hydrogen-bond donors (Lipinski definition) is 0. The smallest absolute Gasteiger partial charge is 0.0834 e. The third-order valence-electron chi connectivity index (χ3n) is 2.21. The molecule has 0 atom stereocenters. The summed E-state index contributed by atoms with van der Waals surface area (Å²) in [6, 6.07) is 0. The van der Waals surface area contributed by atoms with Gasteiger partial charge in [0, 0.05) is 32.7 Å². The molecule has 72 valence electrons. The van der Waals surface area contributed by atoms with Gasteiger partial charge in [0.25, 0.3) is 0 Å². The van der Waals surface area contributed by atoms with Gasteiger partial charge in [-0.05, 0) is 6.42 Å². The molecule has 0 unspecified atom stereocenters. The maximum atomic E-state index is 10.3. The lowest BCUT2D eigenvalue weighted by atomic mass is 10.3. The van der Waals surface area contributed by atoms with Crippen LogP contribution in [0.5, 0.6) is 0 Å². The lowest BCUT2D eigenvalue weighted by Gasteiger charge is -2.32. The van der Waals surface area contributed by atoms with Crippen LogP contribution >= 0.6 is 0 Å². The largest absolute Gasteiger partial charge is 0.296 e. The average molecular weight is 180 g/mol. The van der Waals surface area contributed by atoms with Crippen LogP contribution in [0.25, 0.3) is 0 Å². The SMILES string of the molecule is C#CCN1C[CH]N(CCC[O])CC1. The number of nitrogens with zero attached hydrogens (tertiary/aromatic N) is 2. The maximum absolute atomic E-state index is 10.3. The third-order valence-corrected chi connectivity index (χ3v) is 2.21. The van der Waals surface area contributed by atoms with Crippen LogP contribution in [-0.2, 0) is 5.11 Å². The van der Waals surface area contributed by atoms with Gasteiger partial charge in [-0.15, -0.1) is 6.42 Å². The summed E-state index contributed by atoms with van der Waals surface area (Å²) < 4.78 is 0. The molecule has 0 spiro atoms. The van der Waals surface area contributed by atoms with Crippen LogP contribution in [0.3, 0.4) is 0 Å². The molecule has 3 heteroatoms. The van der Waals surface area contributed by atoms with Crippen molar-refractivity contribution in [2.45, 2.75) is 6.42 Å². The fourth-order valence-corrected chi connectivity index (χ4v) is 1.43. The Bertz CT molecular complexity index is 168. The molecule has 13 heavy (non-hydrogen) atoms. The van der Waals surface area contributed by atoms with Crippen molar-refractivity contribution in [3.05, 3.63) is 6.54 Å². The Morgan fingerprint density at radius 2 is 2.31 bits per heavy atom. The van der Waals surface area contributed by atoms with Gasteiger partial charge in [0.15, 0.2) is 0 Å². The predicted octanol–water partition coefficient (Wildman–Crippen LogP) is 0.220. The van der Waals surface area contributed by atoms with Gasteiger partial charge in [-0.3, -0.25) is 9.80 Å². The second kappa shape index (κ2) is 5.98. The highest BCUT2D eigenvalue weighted by molar-refractivity contribution is 4.91. The predicted molar refractivity (Wildman–Crippen MR) is 51.3 cm³/mol. The highest BCUT2D eigenvalue weighted by Gasteiger charge is 2.15. The van der Waals surface area contributed by atoms with Crippen LogP contribution in [0.4, 0.5) is 0 Å². The van der Waals surface area contributed by atoms with Crippen molar-refractivity contribution in [3.8, 4) is 12.3 Å². The van der Waals surface area contributed by atoms with E-state index in [1.165, 1.54) is 0 Å². The minimum absolute atomic E-state index is 0.0262. The Morgan fingerprint density at radius 1 is 1.46 bits per heavy atom. The van der Waals surface area contributed by atoms with E-state index in [4.69, 9.17) is 6.42 Å². The molecular weight excluding hydrogens is 164 g/mol. The van der Waals surface area contributed by atoms with Crippen molar-refractivity contribution in [1.82, 2.24) is 9.80 Å². The lowest BCUT2D eigenvalue weighted by molar-refractivity contribution is 0.148. The van der Waals surface area contributed by atoms with Crippen LogP contribution in [0.1, 0.15) is 6.42 Å². The van der Waals surface area contributed by atoms with Crippen LogP contribution in [0.2, 0.25) is 0 Å². The van der Waals surface area contributed by atoms with Gasteiger partial charge in [0.2, 0.25) is 0 Å². The Morgan fingerprint density at radius 3 is 2.85 bits per heavy atom. The van der Waals surface area contributed by atoms with Gasteiger partial charge in [0.05, 0.1) is 13.2 Å². The van der Waals surface area contributed by atoms with E-state index in [1.807, 2.05) is 0 Å². The molecule has 2 radical (unpaired) electrons. The summed E-state index contributed by atoms with van der Waals surface area (Å²) in [6.45, 7) is 6.72. The molecule has 0 amide bonds. The first-order valence-corrected chi connectivity index (χ1v) is 4.68. The molecule has 0 aromatic carbocycles. The van der Waals surface area contributed by atoms with Crippen molar-refractivity contribution in [3.63, 3.8) is 0 Å². The molecule has 0 bridgehead atoms. The molecule has 1 heterocycles. The second-order valence-electron chi connectivity index (χ2n) is 3.22. The molecule has 0 saturated carbocycles. The normalized spacial score (nSPS) is 20.0. The minimum atomic E-state index is 0.0262. The quantitative estimate of drug-likeness (QED) is 0.578. The average Bonchev–Trinajstić information content (AvgIpc) is 2.17. The molecule has 3 nitrogen and oxygen atoms in total. The van der Waals surface area contributed by atoms with Gasteiger partial charge in [-0.1, -0.05) is 5.92 Å². The first-order valence-electron chi connectivity index (χ1n) is 4.68. The molecule has 1 saturated heterocycles. The van der Waals surface area contributed by atoms with Crippen molar-refractivity contribution in [2.24, 2.45) is 0 Å². The monoisotopic (exact) mass is 180 g/mol. The van der Waals surface area contributed by atoms with E-state index in [0.29, 0.717) is 0 Å². The zero-order valence-electron chi connectivity index (χ0n) is 7.91. The summed E-state index contributed by atoms with van der Waals surface area (Å²) in [4.78, 5) is 4.43. The van der Waals surface area contributed by atoms with E-state index in [1.54, 1.807) is 0 Å². The van der Waals surface area contributed by atoms with Gasteiger partial charge in [0.1, 0.15) is 0 Å². The molecule has 0 aromatic rings. The van der Waals surface area contributed by atoms with Crippen molar-refractivity contribution >= 4 is 0 Å². The van der Waals surface area contributed by atoms with Crippen LogP contribution in [0, 0.1) is 18.9 Å². The number of hydrogen-bond acceptors (Lipinski definition) is 2. The first kappa shape index (κ1) is 10.5. The fourth-order valence-electron chi connectivity index (χ4n) is 1.43. The molecular formula is C10H16N2O. The number of rotatable bonds is 4. The third kappa shape index (κ3) is 3.77. The van der Waals surface area contributed by atoms with Crippen LogP contribution in [0.15, 0.2) is 0 Å². The minimum Gasteiger partial charge on any atom is -0.296 e. The zero-order valence-corrected chi connectivity index (χ0v) is 7.91. The fraction of sp³-hybridized carbons (Fsp3) is 0.700. The lowest BCUT2D eigenvalue weighted by Crippen LogP contribution is -2.43. The summed E-state index contributed by atoms with van der Waals surface area (Å²) in [5.74, 6) is 2.63. The topological polar surface area (TPSA) is 26.4 Å². The summed E-state index contributed by atoms with van der Waals surface area (Å²) in [7, 11) is 0. The zero-order chi connectivity index (χ0) is 9.52. The first-order chi connectivity index (χ1) is 6.36. The second-order valence-corrected chi connectivity index (χ2v) is 3.22. The van der Waals surface area contributed by atoms with E-state index in [-0.39, 0.29) is 6.61 Å². The summed E-state index contributed by atoms with van der Waals surface area (Å²) in [6.07, 6.45) is 5.96. The molecule has 0 aromatic heterocycles. The number of terminal acetylenes is 1. The van der Waals surface area contributed by atoms with E-state index in [9.17, 15) is 5.11 Å². The van der Waals surface area contributed by atoms with Gasteiger partial charge in [-0.2, -0.15) is 0 Å². The van der Waals surface area contributed by atoms with Gasteiger partial charge >= 0.3 is 0 Å². The Hall–Kier alpha value is -0.560. The highest BCUT2D eigenvalue weighted by Crippen LogP contribution is 2.04. The maximum Gasteiger partial charge on any atom is 0.0834 e. The van der Waals surface area contributed by atoms with E-state index in [2.05, 4.69) is 22.3 Å². The molecule has 1 fully saturated rings. The van der Waals surface area contributed by atoms with Crippen molar-refractivity contribution in [2.75, 3.05) is 39.3 Å². The summed E-state index contributed by atoms with van der Waals surface area (Å²) in [5.41, 5.74) is 0. The standard InChI is InChI=1S/C10H16N2O/c1-2-4-11-6-8-12(9-7-11)5-3-10-13/h1,8H,3-7,9-10H2.